The topological polar surface area (TPSA) is 32.8 Å². The molecular formula is C23H28N2O2. The van der Waals surface area contributed by atoms with Crippen molar-refractivity contribution in [1.29, 1.82) is 0 Å². The maximum Gasteiger partial charge on any atom is 0.260 e. The number of hydrogen-bond acceptors (Lipinski definition) is 3. The van der Waals surface area contributed by atoms with Gasteiger partial charge in [-0.25, -0.2) is 0 Å². The highest BCUT2D eigenvalue weighted by atomic mass is 16.5. The molecule has 3 rings (SSSR count). The zero-order chi connectivity index (χ0) is 19.1. The molecule has 1 saturated heterocycles. The van der Waals surface area contributed by atoms with Gasteiger partial charge in [0.15, 0.2) is 6.61 Å². The summed E-state index contributed by atoms with van der Waals surface area (Å²) in [7, 11) is 0. The first-order chi connectivity index (χ1) is 13.1. The number of amides is 1. The Morgan fingerprint density at radius 2 is 1.63 bits per heavy atom. The molecule has 0 atom stereocenters. The molecule has 0 bridgehead atoms. The van der Waals surface area contributed by atoms with Crippen molar-refractivity contribution in [2.24, 2.45) is 0 Å². The Balaban J connectivity index is 1.42. The maximum atomic E-state index is 12.5. The molecule has 0 spiro atoms. The van der Waals surface area contributed by atoms with E-state index < -0.39 is 0 Å². The molecule has 1 amide bonds. The Hall–Kier alpha value is -2.59. The van der Waals surface area contributed by atoms with Crippen LogP contribution in [0.1, 0.15) is 16.7 Å². The Bertz CT molecular complexity index is 758. The van der Waals surface area contributed by atoms with E-state index in [4.69, 9.17) is 4.74 Å². The molecule has 0 radical (unpaired) electrons. The fraction of sp³-hybridized carbons (Fsp3) is 0.348. The Morgan fingerprint density at radius 3 is 2.30 bits per heavy atom. The smallest absolute Gasteiger partial charge is 0.260 e. The van der Waals surface area contributed by atoms with Gasteiger partial charge < -0.3 is 9.64 Å². The summed E-state index contributed by atoms with van der Waals surface area (Å²) >= 11 is 0. The molecule has 0 aliphatic carbocycles. The predicted octanol–water partition coefficient (Wildman–Crippen LogP) is 3.54. The van der Waals surface area contributed by atoms with E-state index >= 15 is 0 Å². The number of piperazine rings is 1. The minimum Gasteiger partial charge on any atom is -0.483 e. The highest BCUT2D eigenvalue weighted by Gasteiger charge is 2.21. The molecule has 142 valence electrons. The molecule has 0 unspecified atom stereocenters. The summed E-state index contributed by atoms with van der Waals surface area (Å²) in [5.74, 6) is 0.896. The number of aryl methyl sites for hydroxylation is 2. The number of rotatable bonds is 6. The van der Waals surface area contributed by atoms with E-state index in [1.165, 1.54) is 5.56 Å². The van der Waals surface area contributed by atoms with Gasteiger partial charge in [0.1, 0.15) is 5.75 Å². The van der Waals surface area contributed by atoms with Gasteiger partial charge in [-0.15, -0.1) is 0 Å². The monoisotopic (exact) mass is 364 g/mol. The van der Waals surface area contributed by atoms with Crippen LogP contribution in [-0.4, -0.2) is 55.0 Å². The van der Waals surface area contributed by atoms with E-state index in [-0.39, 0.29) is 12.5 Å². The second-order valence-corrected chi connectivity index (χ2v) is 7.00. The number of carbonyl (C=O) groups is 1. The van der Waals surface area contributed by atoms with Crippen LogP contribution in [0.5, 0.6) is 5.75 Å². The van der Waals surface area contributed by atoms with Gasteiger partial charge in [0.2, 0.25) is 0 Å². The van der Waals surface area contributed by atoms with Gasteiger partial charge in [-0.3, -0.25) is 9.69 Å². The summed E-state index contributed by atoms with van der Waals surface area (Å²) in [6, 6.07) is 16.3. The second kappa shape index (κ2) is 9.38. The molecule has 0 N–H and O–H groups in total. The third-order valence-electron chi connectivity index (χ3n) is 4.95. The van der Waals surface area contributed by atoms with E-state index in [1.807, 2.05) is 55.1 Å². The van der Waals surface area contributed by atoms with Gasteiger partial charge in [-0.05, 0) is 30.5 Å². The first kappa shape index (κ1) is 19.2. The minimum atomic E-state index is 0.0668. The molecule has 27 heavy (non-hydrogen) atoms. The first-order valence-corrected chi connectivity index (χ1v) is 9.54. The number of nitrogens with zero attached hydrogens (tertiary/aromatic N) is 2. The van der Waals surface area contributed by atoms with E-state index in [1.54, 1.807) is 0 Å². The van der Waals surface area contributed by atoms with Gasteiger partial charge in [0.05, 0.1) is 0 Å². The molecule has 0 saturated carbocycles. The van der Waals surface area contributed by atoms with Crippen molar-refractivity contribution in [3.05, 3.63) is 71.3 Å². The van der Waals surface area contributed by atoms with Gasteiger partial charge in [0, 0.05) is 32.7 Å². The molecule has 2 aromatic carbocycles. The average molecular weight is 364 g/mol. The first-order valence-electron chi connectivity index (χ1n) is 9.54. The lowest BCUT2D eigenvalue weighted by Gasteiger charge is -2.34. The van der Waals surface area contributed by atoms with Crippen molar-refractivity contribution in [1.82, 2.24) is 9.80 Å². The number of hydrogen-bond donors (Lipinski definition) is 0. The second-order valence-electron chi connectivity index (χ2n) is 7.00. The maximum absolute atomic E-state index is 12.5. The molecule has 4 heteroatoms. The van der Waals surface area contributed by atoms with E-state index in [2.05, 4.69) is 29.2 Å². The Morgan fingerprint density at radius 1 is 0.963 bits per heavy atom. The van der Waals surface area contributed by atoms with E-state index in [0.29, 0.717) is 0 Å². The highest BCUT2D eigenvalue weighted by molar-refractivity contribution is 5.78. The largest absolute Gasteiger partial charge is 0.483 e. The third kappa shape index (κ3) is 5.44. The van der Waals surface area contributed by atoms with Crippen LogP contribution in [0.4, 0.5) is 0 Å². The SMILES string of the molecule is Cc1cccc(C)c1OCC(=O)N1CCN(C/C=C/c2ccccc2)CC1. The van der Waals surface area contributed by atoms with Crippen LogP contribution in [0, 0.1) is 13.8 Å². The van der Waals surface area contributed by atoms with Crippen molar-refractivity contribution in [3.8, 4) is 5.75 Å². The molecule has 2 aromatic rings. The number of carbonyl (C=O) groups excluding carboxylic acids is 1. The summed E-state index contributed by atoms with van der Waals surface area (Å²) in [6.07, 6.45) is 4.34. The van der Waals surface area contributed by atoms with Crippen LogP contribution in [0.3, 0.4) is 0 Å². The zero-order valence-electron chi connectivity index (χ0n) is 16.2. The Kier molecular flexibility index (Phi) is 6.66. The van der Waals surface area contributed by atoms with Crippen LogP contribution >= 0.6 is 0 Å². The Labute approximate surface area is 162 Å². The lowest BCUT2D eigenvalue weighted by Crippen LogP contribution is -2.49. The molecule has 1 aliphatic rings. The molecular weight excluding hydrogens is 336 g/mol. The third-order valence-corrected chi connectivity index (χ3v) is 4.95. The van der Waals surface area contributed by atoms with Crippen molar-refractivity contribution in [2.45, 2.75) is 13.8 Å². The van der Waals surface area contributed by atoms with Crippen molar-refractivity contribution in [3.63, 3.8) is 0 Å². The van der Waals surface area contributed by atoms with Gasteiger partial charge in [-0.1, -0.05) is 60.7 Å². The van der Waals surface area contributed by atoms with Crippen LogP contribution in [0.25, 0.3) is 6.08 Å². The molecule has 1 heterocycles. The zero-order valence-corrected chi connectivity index (χ0v) is 16.2. The summed E-state index contributed by atoms with van der Waals surface area (Å²) in [6.45, 7) is 8.35. The highest BCUT2D eigenvalue weighted by Crippen LogP contribution is 2.22. The van der Waals surface area contributed by atoms with E-state index in [9.17, 15) is 4.79 Å². The van der Waals surface area contributed by atoms with Crippen LogP contribution in [-0.2, 0) is 4.79 Å². The van der Waals surface area contributed by atoms with Crippen molar-refractivity contribution >= 4 is 12.0 Å². The fourth-order valence-electron chi connectivity index (χ4n) is 3.33. The van der Waals surface area contributed by atoms with Crippen LogP contribution in [0.15, 0.2) is 54.6 Å². The summed E-state index contributed by atoms with van der Waals surface area (Å²) in [5.41, 5.74) is 3.35. The lowest BCUT2D eigenvalue weighted by molar-refractivity contribution is -0.135. The molecule has 1 aliphatic heterocycles. The summed E-state index contributed by atoms with van der Waals surface area (Å²) < 4.78 is 5.81. The van der Waals surface area contributed by atoms with Gasteiger partial charge in [0.25, 0.3) is 5.91 Å². The molecule has 4 nitrogen and oxygen atoms in total. The van der Waals surface area contributed by atoms with Crippen molar-refractivity contribution in [2.75, 3.05) is 39.3 Å². The van der Waals surface area contributed by atoms with Crippen LogP contribution < -0.4 is 4.74 Å². The fourth-order valence-corrected chi connectivity index (χ4v) is 3.33. The quantitative estimate of drug-likeness (QED) is 0.786. The van der Waals surface area contributed by atoms with Crippen molar-refractivity contribution < 1.29 is 9.53 Å². The van der Waals surface area contributed by atoms with Crippen LogP contribution in [0.2, 0.25) is 0 Å². The molecule has 1 fully saturated rings. The number of benzene rings is 2. The average Bonchev–Trinajstić information content (AvgIpc) is 2.69. The standard InChI is InChI=1S/C23H28N2O2/c1-19-8-6-9-20(2)23(19)27-18-22(26)25-16-14-24(15-17-25)13-7-12-21-10-4-3-5-11-21/h3-12H,13-18H2,1-2H3/b12-7+. The van der Waals surface area contributed by atoms with Gasteiger partial charge in [-0.2, -0.15) is 0 Å². The van der Waals surface area contributed by atoms with E-state index in [0.717, 1.165) is 49.6 Å². The predicted molar refractivity (Wildman–Crippen MR) is 110 cm³/mol. The minimum absolute atomic E-state index is 0.0668. The summed E-state index contributed by atoms with van der Waals surface area (Å²) in [5, 5.41) is 0. The summed E-state index contributed by atoms with van der Waals surface area (Å²) in [4.78, 5) is 16.7. The number of para-hydroxylation sites is 1. The normalized spacial score (nSPS) is 15.3. The van der Waals surface area contributed by atoms with Gasteiger partial charge >= 0.3 is 0 Å². The number of ether oxygens (including phenoxy) is 1. The molecule has 0 aromatic heterocycles. The lowest BCUT2D eigenvalue weighted by atomic mass is 10.1.